The van der Waals surface area contributed by atoms with Gasteiger partial charge in [0.05, 0.1) is 0 Å². The lowest BCUT2D eigenvalue weighted by atomic mass is 9.86. The van der Waals surface area contributed by atoms with Crippen LogP contribution in [-0.4, -0.2) is 10.7 Å². The predicted molar refractivity (Wildman–Crippen MR) is 102 cm³/mol. The quantitative estimate of drug-likeness (QED) is 0.582. The molecule has 1 fully saturated rings. The predicted octanol–water partition coefficient (Wildman–Crippen LogP) is 5.95. The van der Waals surface area contributed by atoms with E-state index in [9.17, 15) is 4.79 Å². The van der Waals surface area contributed by atoms with Crippen LogP contribution in [0.15, 0.2) is 24.3 Å². The third kappa shape index (κ3) is 6.66. The molecule has 1 saturated carbocycles. The Kier molecular flexibility index (Phi) is 7.61. The SMILES string of the molecule is CC(C)C(Br)Cc1ccc(NC(=O)CCC2CCCCC2)cc1. The molecule has 0 aliphatic heterocycles. The van der Waals surface area contributed by atoms with Crippen molar-refractivity contribution in [2.75, 3.05) is 5.32 Å². The third-order valence-corrected chi connectivity index (χ3v) is 6.28. The van der Waals surface area contributed by atoms with Crippen LogP contribution in [-0.2, 0) is 11.2 Å². The monoisotopic (exact) mass is 379 g/mol. The summed E-state index contributed by atoms with van der Waals surface area (Å²) in [6.45, 7) is 4.45. The van der Waals surface area contributed by atoms with E-state index in [0.29, 0.717) is 17.2 Å². The maximum atomic E-state index is 12.1. The van der Waals surface area contributed by atoms with Crippen LogP contribution in [0.2, 0.25) is 0 Å². The molecule has 1 N–H and O–H groups in total. The lowest BCUT2D eigenvalue weighted by Gasteiger charge is -2.21. The minimum Gasteiger partial charge on any atom is -0.326 e. The summed E-state index contributed by atoms with van der Waals surface area (Å²) in [5.41, 5.74) is 2.22. The average molecular weight is 380 g/mol. The van der Waals surface area contributed by atoms with Crippen molar-refractivity contribution in [3.8, 4) is 0 Å². The minimum atomic E-state index is 0.156. The molecule has 3 heteroatoms. The van der Waals surface area contributed by atoms with E-state index in [1.165, 1.54) is 37.7 Å². The van der Waals surface area contributed by atoms with Crippen LogP contribution in [0.5, 0.6) is 0 Å². The van der Waals surface area contributed by atoms with Crippen molar-refractivity contribution in [3.63, 3.8) is 0 Å². The van der Waals surface area contributed by atoms with Gasteiger partial charge in [-0.25, -0.2) is 0 Å². The molecule has 1 amide bonds. The number of alkyl halides is 1. The Bertz CT molecular complexity index is 477. The lowest BCUT2D eigenvalue weighted by molar-refractivity contribution is -0.116. The van der Waals surface area contributed by atoms with Gasteiger partial charge in [0.1, 0.15) is 0 Å². The number of hydrogen-bond donors (Lipinski definition) is 1. The zero-order valence-corrected chi connectivity index (χ0v) is 16.1. The second kappa shape index (κ2) is 9.46. The number of anilines is 1. The molecule has 0 aromatic heterocycles. The van der Waals surface area contributed by atoms with Crippen LogP contribution in [0.4, 0.5) is 5.69 Å². The first-order chi connectivity index (χ1) is 11.0. The van der Waals surface area contributed by atoms with Crippen molar-refractivity contribution >= 4 is 27.5 Å². The summed E-state index contributed by atoms with van der Waals surface area (Å²) in [5.74, 6) is 1.54. The van der Waals surface area contributed by atoms with Gasteiger partial charge in [-0.2, -0.15) is 0 Å². The summed E-state index contributed by atoms with van der Waals surface area (Å²) in [6, 6.07) is 8.28. The molecule has 0 saturated heterocycles. The van der Waals surface area contributed by atoms with Crippen LogP contribution in [0.1, 0.15) is 64.4 Å². The molecule has 2 rings (SSSR count). The van der Waals surface area contributed by atoms with E-state index >= 15 is 0 Å². The molecule has 1 aliphatic rings. The highest BCUT2D eigenvalue weighted by molar-refractivity contribution is 9.09. The summed E-state index contributed by atoms with van der Waals surface area (Å²) in [6.07, 6.45) is 9.41. The highest BCUT2D eigenvalue weighted by atomic mass is 79.9. The lowest BCUT2D eigenvalue weighted by Crippen LogP contribution is -2.15. The fourth-order valence-corrected chi connectivity index (χ4v) is 3.59. The Morgan fingerprint density at radius 1 is 1.17 bits per heavy atom. The average Bonchev–Trinajstić information content (AvgIpc) is 2.55. The van der Waals surface area contributed by atoms with Crippen LogP contribution in [0.3, 0.4) is 0 Å². The van der Waals surface area contributed by atoms with Gasteiger partial charge in [0.25, 0.3) is 0 Å². The second-order valence-corrected chi connectivity index (χ2v) is 8.43. The summed E-state index contributed by atoms with van der Waals surface area (Å²) < 4.78 is 0. The number of rotatable bonds is 7. The second-order valence-electron chi connectivity index (χ2n) is 7.25. The molecule has 2 nitrogen and oxygen atoms in total. The number of carbonyl (C=O) groups excluding carboxylic acids is 1. The van der Waals surface area contributed by atoms with E-state index in [-0.39, 0.29) is 5.91 Å². The topological polar surface area (TPSA) is 29.1 Å². The Labute approximate surface area is 149 Å². The molecule has 0 spiro atoms. The molecule has 1 unspecified atom stereocenters. The molecule has 1 aliphatic carbocycles. The molecular formula is C20H30BrNO. The summed E-state index contributed by atoms with van der Waals surface area (Å²) in [4.78, 5) is 12.6. The van der Waals surface area contributed by atoms with Gasteiger partial charge in [-0.3, -0.25) is 4.79 Å². The van der Waals surface area contributed by atoms with Crippen LogP contribution in [0, 0.1) is 11.8 Å². The fourth-order valence-electron chi connectivity index (χ4n) is 3.22. The Hall–Kier alpha value is -0.830. The first-order valence-electron chi connectivity index (χ1n) is 9.07. The number of carbonyl (C=O) groups is 1. The van der Waals surface area contributed by atoms with E-state index in [1.54, 1.807) is 0 Å². The first-order valence-corrected chi connectivity index (χ1v) is 9.99. The highest BCUT2D eigenvalue weighted by Crippen LogP contribution is 2.27. The number of amides is 1. The van der Waals surface area contributed by atoms with E-state index in [0.717, 1.165) is 24.4 Å². The van der Waals surface area contributed by atoms with Crippen molar-refractivity contribution in [2.45, 2.75) is 70.0 Å². The maximum Gasteiger partial charge on any atom is 0.224 e. The van der Waals surface area contributed by atoms with Gasteiger partial charge in [0, 0.05) is 16.9 Å². The molecule has 0 radical (unpaired) electrons. The van der Waals surface area contributed by atoms with E-state index in [4.69, 9.17) is 0 Å². The minimum absolute atomic E-state index is 0.156. The molecule has 1 aromatic rings. The molecule has 0 bridgehead atoms. The Morgan fingerprint density at radius 2 is 1.83 bits per heavy atom. The summed E-state index contributed by atoms with van der Waals surface area (Å²) >= 11 is 3.73. The molecule has 1 atom stereocenters. The van der Waals surface area contributed by atoms with E-state index < -0.39 is 0 Å². The van der Waals surface area contributed by atoms with E-state index in [1.807, 2.05) is 12.1 Å². The number of halogens is 1. The fraction of sp³-hybridized carbons (Fsp3) is 0.650. The normalized spacial score (nSPS) is 17.2. The zero-order chi connectivity index (χ0) is 16.7. The highest BCUT2D eigenvalue weighted by Gasteiger charge is 2.15. The number of nitrogens with one attached hydrogen (secondary N) is 1. The zero-order valence-electron chi connectivity index (χ0n) is 14.5. The van der Waals surface area contributed by atoms with Gasteiger partial charge in [-0.15, -0.1) is 0 Å². The standard InChI is InChI=1S/C20H30BrNO/c1-15(2)19(21)14-17-8-11-18(12-9-17)22-20(23)13-10-16-6-4-3-5-7-16/h8-9,11-12,15-16,19H,3-7,10,13-14H2,1-2H3,(H,22,23). The largest absolute Gasteiger partial charge is 0.326 e. The van der Waals surface area contributed by atoms with Gasteiger partial charge in [-0.1, -0.05) is 74.0 Å². The summed E-state index contributed by atoms with van der Waals surface area (Å²) in [7, 11) is 0. The number of hydrogen-bond acceptors (Lipinski definition) is 1. The first kappa shape index (κ1) is 18.5. The van der Waals surface area contributed by atoms with Crippen LogP contribution < -0.4 is 5.32 Å². The van der Waals surface area contributed by atoms with Crippen molar-refractivity contribution < 1.29 is 4.79 Å². The Balaban J connectivity index is 1.75. The molecule has 0 heterocycles. The number of benzene rings is 1. The Morgan fingerprint density at radius 3 is 2.43 bits per heavy atom. The van der Waals surface area contributed by atoms with Gasteiger partial charge in [-0.05, 0) is 42.4 Å². The van der Waals surface area contributed by atoms with Crippen molar-refractivity contribution in [2.24, 2.45) is 11.8 Å². The van der Waals surface area contributed by atoms with E-state index in [2.05, 4.69) is 47.2 Å². The van der Waals surface area contributed by atoms with Gasteiger partial charge >= 0.3 is 0 Å². The molecule has 23 heavy (non-hydrogen) atoms. The van der Waals surface area contributed by atoms with Crippen molar-refractivity contribution in [3.05, 3.63) is 29.8 Å². The van der Waals surface area contributed by atoms with Gasteiger partial charge < -0.3 is 5.32 Å². The van der Waals surface area contributed by atoms with Crippen LogP contribution in [0.25, 0.3) is 0 Å². The molecule has 1 aromatic carbocycles. The van der Waals surface area contributed by atoms with Gasteiger partial charge in [0.15, 0.2) is 0 Å². The molecular weight excluding hydrogens is 350 g/mol. The summed E-state index contributed by atoms with van der Waals surface area (Å²) in [5, 5.41) is 3.03. The van der Waals surface area contributed by atoms with Crippen molar-refractivity contribution in [1.29, 1.82) is 0 Å². The van der Waals surface area contributed by atoms with Crippen LogP contribution >= 0.6 is 15.9 Å². The molecule has 128 valence electrons. The maximum absolute atomic E-state index is 12.1. The van der Waals surface area contributed by atoms with Gasteiger partial charge in [0.2, 0.25) is 5.91 Å². The third-order valence-electron chi connectivity index (χ3n) is 4.90. The smallest absolute Gasteiger partial charge is 0.224 e. The van der Waals surface area contributed by atoms with Crippen molar-refractivity contribution in [1.82, 2.24) is 0 Å².